The first-order valence-corrected chi connectivity index (χ1v) is 11.1. The molecule has 0 aliphatic rings. The van der Waals surface area contributed by atoms with Gasteiger partial charge in [0.15, 0.2) is 0 Å². The quantitative estimate of drug-likeness (QED) is 0.0908. The van der Waals surface area contributed by atoms with Gasteiger partial charge in [0.1, 0.15) is 12.1 Å². The highest BCUT2D eigenvalue weighted by Gasteiger charge is 2.26. The van der Waals surface area contributed by atoms with Crippen molar-refractivity contribution in [2.45, 2.75) is 69.5 Å². The Labute approximate surface area is 193 Å². The van der Waals surface area contributed by atoms with Gasteiger partial charge in [-0.15, -0.1) is 0 Å². The number of nitrogens with two attached hydrogens (primary N) is 3. The molecule has 0 rings (SSSR count). The molecule has 13 nitrogen and oxygen atoms in total. The fraction of sp³-hybridized carbons (Fsp3) is 0.750. The van der Waals surface area contributed by atoms with Gasteiger partial charge in [-0.25, -0.2) is 0 Å². The minimum Gasteiger partial charge on any atom is -0.481 e. The largest absolute Gasteiger partial charge is 0.481 e. The molecule has 0 heterocycles. The third kappa shape index (κ3) is 14.1. The van der Waals surface area contributed by atoms with Crippen LogP contribution in [0.3, 0.4) is 0 Å². The number of primary amides is 1. The molecule has 0 unspecified atom stereocenters. The van der Waals surface area contributed by atoms with E-state index in [1.54, 1.807) is 0 Å². The second-order valence-electron chi connectivity index (χ2n) is 7.64. The molecular weight excluding hydrogens is 434 g/mol. The van der Waals surface area contributed by atoms with Gasteiger partial charge in [-0.3, -0.25) is 24.0 Å². The summed E-state index contributed by atoms with van der Waals surface area (Å²) in [4.78, 5) is 59.6. The van der Waals surface area contributed by atoms with Crippen LogP contribution in [-0.4, -0.2) is 79.5 Å². The number of hydrogen-bond acceptors (Lipinski definition) is 8. The van der Waals surface area contributed by atoms with Crippen LogP contribution in [0.15, 0.2) is 0 Å². The van der Waals surface area contributed by atoms with Crippen LogP contribution in [0.5, 0.6) is 0 Å². The number of carboxylic acids is 1. The maximum atomic E-state index is 12.7. The SMILES string of the molecule is CN[C@@H](CCC(=O)O)C(=O)NCC(=O)N[C@@H](CCCCN)C(=O)N[C@@H](CCCCN)C(N)=O. The summed E-state index contributed by atoms with van der Waals surface area (Å²) >= 11 is 0. The summed E-state index contributed by atoms with van der Waals surface area (Å²) in [6.45, 7) is 0.469. The molecule has 0 bridgehead atoms. The fourth-order valence-corrected chi connectivity index (χ4v) is 3.02. The van der Waals surface area contributed by atoms with Gasteiger partial charge in [0.25, 0.3) is 0 Å². The molecule has 0 fully saturated rings. The number of hydrogen-bond donors (Lipinski definition) is 8. The summed E-state index contributed by atoms with van der Waals surface area (Å²) in [5.41, 5.74) is 16.3. The molecule has 0 aromatic rings. The Balaban J connectivity index is 4.93. The lowest BCUT2D eigenvalue weighted by Gasteiger charge is -2.22. The third-order valence-electron chi connectivity index (χ3n) is 4.94. The van der Waals surface area contributed by atoms with Crippen molar-refractivity contribution in [2.24, 2.45) is 17.2 Å². The molecule has 0 aliphatic heterocycles. The number of nitrogens with one attached hydrogen (secondary N) is 4. The van der Waals surface area contributed by atoms with Crippen molar-refractivity contribution < 1.29 is 29.1 Å². The number of carbonyl (C=O) groups is 5. The van der Waals surface area contributed by atoms with Crippen LogP contribution in [0.1, 0.15) is 51.4 Å². The van der Waals surface area contributed by atoms with E-state index in [4.69, 9.17) is 22.3 Å². The van der Waals surface area contributed by atoms with Crippen LogP contribution in [-0.2, 0) is 24.0 Å². The Morgan fingerprint density at radius 2 is 1.36 bits per heavy atom. The van der Waals surface area contributed by atoms with E-state index in [-0.39, 0.29) is 19.3 Å². The molecule has 0 aromatic carbocycles. The molecule has 11 N–H and O–H groups in total. The minimum absolute atomic E-state index is 0.0576. The van der Waals surface area contributed by atoms with Gasteiger partial charge in [0, 0.05) is 6.42 Å². The van der Waals surface area contributed by atoms with Crippen molar-refractivity contribution in [2.75, 3.05) is 26.7 Å². The summed E-state index contributed by atoms with van der Waals surface area (Å²) in [6, 6.07) is -2.60. The number of unbranched alkanes of at least 4 members (excludes halogenated alkanes) is 2. The van der Waals surface area contributed by atoms with Crippen molar-refractivity contribution in [1.29, 1.82) is 0 Å². The average molecular weight is 474 g/mol. The lowest BCUT2D eigenvalue weighted by atomic mass is 10.1. The van der Waals surface area contributed by atoms with Crippen LogP contribution >= 0.6 is 0 Å². The smallest absolute Gasteiger partial charge is 0.303 e. The van der Waals surface area contributed by atoms with E-state index in [9.17, 15) is 24.0 Å². The maximum absolute atomic E-state index is 12.7. The lowest BCUT2D eigenvalue weighted by molar-refractivity contribution is -0.137. The number of amides is 4. The predicted molar refractivity (Wildman–Crippen MR) is 122 cm³/mol. The normalized spacial score (nSPS) is 13.4. The third-order valence-corrected chi connectivity index (χ3v) is 4.94. The molecule has 0 radical (unpaired) electrons. The average Bonchev–Trinajstić information content (AvgIpc) is 2.76. The zero-order chi connectivity index (χ0) is 25.2. The van der Waals surface area contributed by atoms with Gasteiger partial charge in [-0.1, -0.05) is 0 Å². The fourth-order valence-electron chi connectivity index (χ4n) is 3.02. The molecule has 0 aromatic heterocycles. The number of carboxylic acid groups (broad SMARTS) is 1. The molecular formula is C20H39N7O6. The Kier molecular flexibility index (Phi) is 16.3. The Hall–Kier alpha value is -2.77. The topological polar surface area (TPSA) is 232 Å². The van der Waals surface area contributed by atoms with E-state index < -0.39 is 54.3 Å². The maximum Gasteiger partial charge on any atom is 0.303 e. The van der Waals surface area contributed by atoms with Gasteiger partial charge in [0.2, 0.25) is 23.6 Å². The van der Waals surface area contributed by atoms with Crippen LogP contribution in [0.2, 0.25) is 0 Å². The molecule has 0 spiro atoms. The summed E-state index contributed by atoms with van der Waals surface area (Å²) < 4.78 is 0. The highest BCUT2D eigenvalue weighted by molar-refractivity contribution is 5.93. The van der Waals surface area contributed by atoms with E-state index in [1.807, 2.05) is 0 Å². The van der Waals surface area contributed by atoms with Crippen molar-refractivity contribution in [3.8, 4) is 0 Å². The second kappa shape index (κ2) is 17.7. The molecule has 4 amide bonds. The molecule has 190 valence electrons. The first-order chi connectivity index (χ1) is 15.7. The summed E-state index contributed by atoms with van der Waals surface area (Å²) in [5, 5.41) is 19.0. The van der Waals surface area contributed by atoms with Crippen LogP contribution in [0.25, 0.3) is 0 Å². The van der Waals surface area contributed by atoms with E-state index in [0.29, 0.717) is 45.2 Å². The number of carbonyl (C=O) groups excluding carboxylic acids is 4. The van der Waals surface area contributed by atoms with Gasteiger partial charge < -0.3 is 43.6 Å². The van der Waals surface area contributed by atoms with Gasteiger partial charge in [0.05, 0.1) is 12.6 Å². The molecule has 0 saturated heterocycles. The van der Waals surface area contributed by atoms with E-state index >= 15 is 0 Å². The van der Waals surface area contributed by atoms with Gasteiger partial charge >= 0.3 is 5.97 Å². The molecule has 33 heavy (non-hydrogen) atoms. The summed E-state index contributed by atoms with van der Waals surface area (Å²) in [6.07, 6.45) is 2.95. The Morgan fingerprint density at radius 3 is 1.85 bits per heavy atom. The van der Waals surface area contributed by atoms with Crippen molar-refractivity contribution in [1.82, 2.24) is 21.3 Å². The standard InChI is InChI=1S/C20H39N7O6/c1-24-14(8-9-17(29)30)19(32)25-12-16(28)26-15(7-3-5-11-22)20(33)27-13(18(23)31)6-2-4-10-21/h13-15,24H,2-12,21-22H2,1H3,(H2,23,31)(H,25,32)(H,26,28)(H,27,33)(H,29,30)/t13-,14-,15-/m0/s1. The Bertz CT molecular complexity index is 646. The predicted octanol–water partition coefficient (Wildman–Crippen LogP) is -2.73. The highest BCUT2D eigenvalue weighted by Crippen LogP contribution is 2.05. The number of likely N-dealkylation sites (N-methyl/N-ethyl adjacent to an activating group) is 1. The summed E-state index contributed by atoms with van der Waals surface area (Å²) in [5.74, 6) is -3.42. The van der Waals surface area contributed by atoms with E-state index in [1.165, 1.54) is 7.05 Å². The first kappa shape index (κ1) is 30.2. The van der Waals surface area contributed by atoms with E-state index in [0.717, 1.165) is 0 Å². The van der Waals surface area contributed by atoms with Crippen LogP contribution in [0.4, 0.5) is 0 Å². The zero-order valence-electron chi connectivity index (χ0n) is 19.2. The van der Waals surface area contributed by atoms with Gasteiger partial charge in [-0.2, -0.15) is 0 Å². The van der Waals surface area contributed by atoms with Crippen molar-refractivity contribution in [3.05, 3.63) is 0 Å². The van der Waals surface area contributed by atoms with Crippen LogP contribution < -0.4 is 38.5 Å². The van der Waals surface area contributed by atoms with Crippen molar-refractivity contribution in [3.63, 3.8) is 0 Å². The van der Waals surface area contributed by atoms with Crippen molar-refractivity contribution >= 4 is 29.6 Å². The first-order valence-electron chi connectivity index (χ1n) is 11.1. The monoisotopic (exact) mass is 473 g/mol. The molecule has 0 saturated carbocycles. The lowest BCUT2D eigenvalue weighted by Crippen LogP contribution is -2.54. The zero-order valence-corrected chi connectivity index (χ0v) is 19.2. The second-order valence-corrected chi connectivity index (χ2v) is 7.64. The molecule has 0 aliphatic carbocycles. The van der Waals surface area contributed by atoms with E-state index in [2.05, 4.69) is 21.3 Å². The number of rotatable bonds is 19. The highest BCUT2D eigenvalue weighted by atomic mass is 16.4. The van der Waals surface area contributed by atoms with Crippen LogP contribution in [0, 0.1) is 0 Å². The Morgan fingerprint density at radius 1 is 0.788 bits per heavy atom. The van der Waals surface area contributed by atoms with Gasteiger partial charge in [-0.05, 0) is 65.1 Å². The number of aliphatic carboxylic acids is 1. The molecule has 3 atom stereocenters. The molecule has 13 heteroatoms. The minimum atomic E-state index is -1.04. The summed E-state index contributed by atoms with van der Waals surface area (Å²) in [7, 11) is 1.51.